The summed E-state index contributed by atoms with van der Waals surface area (Å²) in [5, 5.41) is 30.4. The van der Waals surface area contributed by atoms with Gasteiger partial charge in [-0.2, -0.15) is 0 Å². The molecule has 0 radical (unpaired) electrons. The normalized spacial score (nSPS) is 13.7. The molecule has 0 aromatic carbocycles. The second-order valence-corrected chi connectivity index (χ2v) is 5.72. The number of aldehydes is 1. The van der Waals surface area contributed by atoms with Crippen molar-refractivity contribution in [2.75, 3.05) is 0 Å². The minimum Gasteiger partial charge on any atom is -0.481 e. The lowest BCUT2D eigenvalue weighted by molar-refractivity contribution is -0.139. The zero-order chi connectivity index (χ0) is 21.0. The van der Waals surface area contributed by atoms with Crippen LogP contribution in [-0.2, 0) is 28.8 Å². The molecule has 12 heteroatoms. The average molecular weight is 389 g/mol. The van der Waals surface area contributed by atoms with Gasteiger partial charge in [0.1, 0.15) is 12.3 Å². The van der Waals surface area contributed by atoms with Crippen molar-refractivity contribution in [3.05, 3.63) is 0 Å². The fourth-order valence-electron chi connectivity index (χ4n) is 1.96. The summed E-state index contributed by atoms with van der Waals surface area (Å²) in [5.74, 6) is -5.29. The quantitative estimate of drug-likeness (QED) is 0.181. The van der Waals surface area contributed by atoms with Gasteiger partial charge in [0, 0.05) is 19.3 Å². The number of amides is 2. The van der Waals surface area contributed by atoms with Crippen molar-refractivity contribution < 1.29 is 44.1 Å². The molecule has 0 aromatic heterocycles. The molecule has 0 aliphatic heterocycles. The highest BCUT2D eigenvalue weighted by atomic mass is 16.4. The first-order valence-corrected chi connectivity index (χ1v) is 8.03. The molecule has 0 saturated heterocycles. The summed E-state index contributed by atoms with van der Waals surface area (Å²) in [6.07, 6.45) is -1.56. The molecule has 0 unspecified atom stereocenters. The maximum Gasteiger partial charge on any atom is 0.303 e. The Bertz CT molecular complexity index is 579. The number of nitrogens with two attached hydrogens (primary N) is 1. The van der Waals surface area contributed by atoms with Crippen molar-refractivity contribution in [1.29, 1.82) is 0 Å². The second-order valence-electron chi connectivity index (χ2n) is 5.72. The number of hydrogen-bond acceptors (Lipinski definition) is 7. The molecule has 0 heterocycles. The monoisotopic (exact) mass is 389 g/mol. The molecule has 152 valence electrons. The third-order valence-electron chi connectivity index (χ3n) is 3.45. The van der Waals surface area contributed by atoms with Crippen molar-refractivity contribution >= 4 is 36.0 Å². The first kappa shape index (κ1) is 24.0. The molecule has 0 bridgehead atoms. The molecule has 12 nitrogen and oxygen atoms in total. The van der Waals surface area contributed by atoms with Gasteiger partial charge in [0.2, 0.25) is 11.8 Å². The maximum atomic E-state index is 12.2. The van der Waals surface area contributed by atoms with Crippen LogP contribution in [0.1, 0.15) is 38.5 Å². The first-order chi connectivity index (χ1) is 12.6. The van der Waals surface area contributed by atoms with Crippen molar-refractivity contribution in [2.24, 2.45) is 5.73 Å². The van der Waals surface area contributed by atoms with Gasteiger partial charge in [-0.25, -0.2) is 0 Å². The summed E-state index contributed by atoms with van der Waals surface area (Å²) in [5.41, 5.74) is 5.53. The summed E-state index contributed by atoms with van der Waals surface area (Å²) in [7, 11) is 0. The van der Waals surface area contributed by atoms with Crippen LogP contribution in [0.5, 0.6) is 0 Å². The molecule has 0 rings (SSSR count). The number of carbonyl (C=O) groups is 6. The van der Waals surface area contributed by atoms with Crippen LogP contribution >= 0.6 is 0 Å². The van der Waals surface area contributed by atoms with Gasteiger partial charge in [0.05, 0.1) is 12.1 Å². The number of aliphatic carboxylic acids is 3. The molecule has 0 aliphatic carbocycles. The minimum absolute atomic E-state index is 0.178. The highest BCUT2D eigenvalue weighted by Crippen LogP contribution is 2.03. The lowest BCUT2D eigenvalue weighted by atomic mass is 10.1. The summed E-state index contributed by atoms with van der Waals surface area (Å²) < 4.78 is 0. The van der Waals surface area contributed by atoms with E-state index >= 15 is 0 Å². The third kappa shape index (κ3) is 11.3. The van der Waals surface area contributed by atoms with Crippen LogP contribution in [0.15, 0.2) is 0 Å². The molecule has 0 spiro atoms. The SMILES string of the molecule is N[C@@H](CCC(=O)O)C(=O)N[C@@H](CCC(=O)O)C(=O)N[C@H](C=O)CCC(=O)O. The molecular formula is C15H23N3O9. The van der Waals surface area contributed by atoms with Crippen LogP contribution in [0.4, 0.5) is 0 Å². The number of carbonyl (C=O) groups excluding carboxylic acids is 3. The number of rotatable bonds is 14. The largest absolute Gasteiger partial charge is 0.481 e. The molecular weight excluding hydrogens is 366 g/mol. The Morgan fingerprint density at radius 1 is 0.778 bits per heavy atom. The maximum absolute atomic E-state index is 12.2. The van der Waals surface area contributed by atoms with Gasteiger partial charge in [-0.05, 0) is 19.3 Å². The Kier molecular flexibility index (Phi) is 11.0. The molecule has 27 heavy (non-hydrogen) atoms. The van der Waals surface area contributed by atoms with Crippen molar-refractivity contribution in [1.82, 2.24) is 10.6 Å². The van der Waals surface area contributed by atoms with Crippen LogP contribution < -0.4 is 16.4 Å². The number of carboxylic acid groups (broad SMARTS) is 3. The van der Waals surface area contributed by atoms with Crippen LogP contribution in [0.2, 0.25) is 0 Å². The average Bonchev–Trinajstić information content (AvgIpc) is 2.58. The van der Waals surface area contributed by atoms with Gasteiger partial charge in [-0.1, -0.05) is 0 Å². The predicted molar refractivity (Wildman–Crippen MR) is 88.5 cm³/mol. The molecule has 3 atom stereocenters. The Hall–Kier alpha value is -3.02. The summed E-state index contributed by atoms with van der Waals surface area (Å²) in [4.78, 5) is 66.9. The van der Waals surface area contributed by atoms with Gasteiger partial charge in [0.25, 0.3) is 0 Å². The van der Waals surface area contributed by atoms with E-state index in [1.165, 1.54) is 0 Å². The smallest absolute Gasteiger partial charge is 0.303 e. The van der Waals surface area contributed by atoms with E-state index in [0.717, 1.165) is 0 Å². The Morgan fingerprint density at radius 2 is 1.26 bits per heavy atom. The standard InChI is InChI=1S/C15H23N3O9/c16-9(2-5-12(22)23)14(26)18-10(3-6-13(24)25)15(27)17-8(7-19)1-4-11(20)21/h7-10H,1-6,16H2,(H,17,27)(H,18,26)(H,20,21)(H,22,23)(H,24,25)/t8-,9-,10-/m0/s1. The van der Waals surface area contributed by atoms with Crippen molar-refractivity contribution in [2.45, 2.75) is 56.7 Å². The third-order valence-corrected chi connectivity index (χ3v) is 3.45. The van der Waals surface area contributed by atoms with E-state index in [4.69, 9.17) is 21.1 Å². The summed E-state index contributed by atoms with van der Waals surface area (Å²) in [6.45, 7) is 0. The van der Waals surface area contributed by atoms with E-state index in [-0.39, 0.29) is 32.1 Å². The van der Waals surface area contributed by atoms with E-state index in [1.54, 1.807) is 0 Å². The van der Waals surface area contributed by atoms with E-state index in [9.17, 15) is 28.8 Å². The Morgan fingerprint density at radius 3 is 1.74 bits per heavy atom. The van der Waals surface area contributed by atoms with Gasteiger partial charge in [-0.3, -0.25) is 24.0 Å². The van der Waals surface area contributed by atoms with E-state index < -0.39 is 54.3 Å². The highest BCUT2D eigenvalue weighted by molar-refractivity contribution is 5.91. The first-order valence-electron chi connectivity index (χ1n) is 8.03. The molecule has 2 amide bonds. The highest BCUT2D eigenvalue weighted by Gasteiger charge is 2.26. The molecule has 0 aliphatic rings. The van der Waals surface area contributed by atoms with E-state index in [2.05, 4.69) is 10.6 Å². The molecule has 0 saturated carbocycles. The fraction of sp³-hybridized carbons (Fsp3) is 0.600. The molecule has 0 fully saturated rings. The zero-order valence-electron chi connectivity index (χ0n) is 14.4. The topological polar surface area (TPSA) is 213 Å². The second kappa shape index (κ2) is 12.4. The lowest BCUT2D eigenvalue weighted by Crippen LogP contribution is -2.53. The summed E-state index contributed by atoms with van der Waals surface area (Å²) in [6, 6.07) is -3.69. The summed E-state index contributed by atoms with van der Waals surface area (Å²) >= 11 is 0. The molecule has 0 aromatic rings. The van der Waals surface area contributed by atoms with Crippen LogP contribution in [0.25, 0.3) is 0 Å². The predicted octanol–water partition coefficient (Wildman–Crippen LogP) is -1.92. The van der Waals surface area contributed by atoms with E-state index in [0.29, 0.717) is 6.29 Å². The lowest BCUT2D eigenvalue weighted by Gasteiger charge is -2.21. The number of carboxylic acids is 3. The van der Waals surface area contributed by atoms with E-state index in [1.807, 2.05) is 0 Å². The van der Waals surface area contributed by atoms with Crippen LogP contribution in [0, 0.1) is 0 Å². The Balaban J connectivity index is 4.94. The van der Waals surface area contributed by atoms with Crippen LogP contribution in [0.3, 0.4) is 0 Å². The number of hydrogen-bond donors (Lipinski definition) is 6. The van der Waals surface area contributed by atoms with Crippen LogP contribution in [-0.4, -0.2) is 69.5 Å². The van der Waals surface area contributed by atoms with Gasteiger partial charge < -0.3 is 36.5 Å². The minimum atomic E-state index is -1.34. The van der Waals surface area contributed by atoms with Gasteiger partial charge >= 0.3 is 17.9 Å². The zero-order valence-corrected chi connectivity index (χ0v) is 14.4. The number of nitrogens with one attached hydrogen (secondary N) is 2. The van der Waals surface area contributed by atoms with Crippen molar-refractivity contribution in [3.63, 3.8) is 0 Å². The van der Waals surface area contributed by atoms with Gasteiger partial charge in [-0.15, -0.1) is 0 Å². The van der Waals surface area contributed by atoms with Gasteiger partial charge in [0.15, 0.2) is 0 Å². The Labute approximate surface area is 154 Å². The van der Waals surface area contributed by atoms with Crippen molar-refractivity contribution in [3.8, 4) is 0 Å². The fourth-order valence-corrected chi connectivity index (χ4v) is 1.96. The molecule has 7 N–H and O–H groups in total.